The third-order valence-corrected chi connectivity index (χ3v) is 6.37. The van der Waals surface area contributed by atoms with E-state index in [0.29, 0.717) is 17.8 Å². The topological polar surface area (TPSA) is 197 Å². The first-order valence-corrected chi connectivity index (χ1v) is 11.7. The second kappa shape index (κ2) is 11.9. The van der Waals surface area contributed by atoms with Gasteiger partial charge in [0.25, 0.3) is 0 Å². The first-order chi connectivity index (χ1) is 13.3. The Morgan fingerprint density at radius 3 is 1.69 bits per heavy atom. The maximum atomic E-state index is 11.8. The summed E-state index contributed by atoms with van der Waals surface area (Å²) in [6.45, 7) is 0. The molecule has 0 saturated carbocycles. The van der Waals surface area contributed by atoms with Crippen molar-refractivity contribution >= 4 is 52.5 Å². The van der Waals surface area contributed by atoms with E-state index in [1.54, 1.807) is 0 Å². The average Bonchev–Trinajstić information content (AvgIpc) is 2.59. The van der Waals surface area contributed by atoms with Gasteiger partial charge in [0.05, 0.1) is 14.7 Å². The third kappa shape index (κ3) is 7.44. The molecule has 0 bridgehead atoms. The van der Waals surface area contributed by atoms with Crippen molar-refractivity contribution in [1.29, 1.82) is 0 Å². The van der Waals surface area contributed by atoms with Gasteiger partial charge in [0.2, 0.25) is 0 Å². The van der Waals surface area contributed by atoms with Gasteiger partial charge in [-0.2, -0.15) is 0 Å². The zero-order valence-electron chi connectivity index (χ0n) is 17.0. The molecule has 0 fully saturated rings. The number of anilines is 2. The summed E-state index contributed by atoms with van der Waals surface area (Å²) in [4.78, 5) is 0.436. The summed E-state index contributed by atoms with van der Waals surface area (Å²) in [5.74, 6) is 0. The van der Waals surface area contributed by atoms with Crippen molar-refractivity contribution in [3.63, 3.8) is 0 Å². The molecule has 0 radical (unpaired) electrons. The Morgan fingerprint density at radius 1 is 0.688 bits per heavy atom. The minimum absolute atomic E-state index is 0. The van der Waals surface area contributed by atoms with E-state index in [4.69, 9.17) is 0 Å². The number of nitrogens with one attached hydrogen (secondary N) is 1. The molecule has 3 aromatic rings. The molecule has 2 aromatic carbocycles. The summed E-state index contributed by atoms with van der Waals surface area (Å²) in [6.07, 6.45) is 2.77. The van der Waals surface area contributed by atoms with Crippen LogP contribution in [0.3, 0.4) is 0 Å². The van der Waals surface area contributed by atoms with E-state index in [9.17, 15) is 38.9 Å². The second-order valence-corrected chi connectivity index (χ2v) is 9.75. The van der Waals surface area contributed by atoms with Crippen LogP contribution in [0, 0.1) is 0 Å². The van der Waals surface area contributed by atoms with Gasteiger partial charge in [0.1, 0.15) is 30.4 Å². The summed E-state index contributed by atoms with van der Waals surface area (Å²) >= 11 is 0. The molecule has 0 aliphatic heterocycles. The molecule has 1 aromatic heterocycles. The smallest absolute Gasteiger partial charge is 0.744 e. The van der Waals surface area contributed by atoms with Crippen LogP contribution < -0.4 is 94.0 Å². The van der Waals surface area contributed by atoms with E-state index in [2.05, 4.69) is 10.3 Å². The summed E-state index contributed by atoms with van der Waals surface area (Å²) in [6, 6.07) is 5.63. The van der Waals surface area contributed by atoms with Crippen molar-refractivity contribution in [3.05, 3.63) is 48.8 Å². The number of hydrogen-bond donors (Lipinski definition) is 1. The summed E-state index contributed by atoms with van der Waals surface area (Å²) < 4.78 is 104. The zero-order chi connectivity index (χ0) is 21.6. The fourth-order valence-electron chi connectivity index (χ4n) is 2.65. The van der Waals surface area contributed by atoms with Crippen LogP contribution in [0.5, 0.6) is 0 Å². The molecule has 0 aliphatic rings. The first kappa shape index (κ1) is 32.4. The predicted molar refractivity (Wildman–Crippen MR) is 95.4 cm³/mol. The van der Waals surface area contributed by atoms with Gasteiger partial charge in [-0.1, -0.05) is 0 Å². The van der Waals surface area contributed by atoms with Crippen LogP contribution in [0.15, 0.2) is 63.5 Å². The van der Waals surface area contributed by atoms with Gasteiger partial charge in [-0.05, 0) is 36.4 Å². The SMILES string of the molecule is O=S(=O)([O-])c1cc(S(=O)(=O)[O-])c2c(Nc3ccncc3)ccc(S(=O)(=O)[O-])c2c1.[Na+].[Na+].[Na+]. The summed E-state index contributed by atoms with van der Waals surface area (Å²) in [5, 5.41) is 1.47. The van der Waals surface area contributed by atoms with Gasteiger partial charge in [-0.25, -0.2) is 25.3 Å². The quantitative estimate of drug-likeness (QED) is 0.245. The molecule has 11 nitrogen and oxygen atoms in total. The first-order valence-electron chi connectivity index (χ1n) is 7.44. The van der Waals surface area contributed by atoms with Crippen LogP contribution in [-0.4, -0.2) is 43.9 Å². The molecular formula is C15H9N2Na3O9S3. The molecule has 0 aliphatic carbocycles. The van der Waals surface area contributed by atoms with Gasteiger partial charge < -0.3 is 19.0 Å². The number of aromatic nitrogens is 1. The molecule has 32 heavy (non-hydrogen) atoms. The Balaban J connectivity index is 0.00000320. The monoisotopic (exact) mass is 526 g/mol. The number of pyridine rings is 1. The van der Waals surface area contributed by atoms with Crippen molar-refractivity contribution in [2.24, 2.45) is 0 Å². The Bertz CT molecular complexity index is 1450. The van der Waals surface area contributed by atoms with Crippen molar-refractivity contribution in [2.45, 2.75) is 14.7 Å². The molecule has 154 valence electrons. The standard InChI is InChI=1S/C15H12N2O9S3.3Na/c18-27(19,20)10-7-11-13(28(21,22)23)2-1-12(17-9-3-5-16-6-4-9)15(11)14(8-10)29(24,25)26;;;/h1-8H,(H,16,17)(H,18,19,20)(H,21,22,23)(H,24,25,26);;;/q;3*+1/p-3. The minimum Gasteiger partial charge on any atom is -0.744 e. The number of rotatable bonds is 5. The minimum atomic E-state index is -5.39. The number of nitrogens with zero attached hydrogens (tertiary/aromatic N) is 1. The van der Waals surface area contributed by atoms with Crippen LogP contribution >= 0.6 is 0 Å². The fourth-order valence-corrected chi connectivity index (χ4v) is 4.65. The Hall–Kier alpha value is 0.380. The molecule has 0 atom stereocenters. The second-order valence-electron chi connectivity index (χ2n) is 5.68. The number of fused-ring (bicyclic) bond motifs is 1. The Morgan fingerprint density at radius 2 is 1.22 bits per heavy atom. The molecular weight excluding hydrogens is 517 g/mol. The van der Waals surface area contributed by atoms with E-state index in [1.807, 2.05) is 0 Å². The molecule has 1 N–H and O–H groups in total. The van der Waals surface area contributed by atoms with E-state index in [-0.39, 0.29) is 94.4 Å². The maximum absolute atomic E-state index is 11.8. The molecule has 1 heterocycles. The van der Waals surface area contributed by atoms with Crippen molar-refractivity contribution in [1.82, 2.24) is 4.98 Å². The zero-order valence-corrected chi connectivity index (χ0v) is 25.4. The largest absolute Gasteiger partial charge is 1.00 e. The van der Waals surface area contributed by atoms with E-state index in [1.165, 1.54) is 24.5 Å². The van der Waals surface area contributed by atoms with Crippen LogP contribution in [0.1, 0.15) is 0 Å². The average molecular weight is 526 g/mol. The van der Waals surface area contributed by atoms with Gasteiger partial charge >= 0.3 is 88.7 Å². The van der Waals surface area contributed by atoms with E-state index in [0.717, 1.165) is 12.1 Å². The van der Waals surface area contributed by atoms with Gasteiger partial charge in [-0.3, -0.25) is 4.98 Å². The fraction of sp³-hybridized carbons (Fsp3) is 0. The molecule has 0 saturated heterocycles. The van der Waals surface area contributed by atoms with E-state index >= 15 is 0 Å². The van der Waals surface area contributed by atoms with Crippen molar-refractivity contribution < 1.29 is 128 Å². The number of benzene rings is 2. The van der Waals surface area contributed by atoms with Crippen molar-refractivity contribution in [2.75, 3.05) is 5.32 Å². The molecule has 3 rings (SSSR count). The molecule has 0 amide bonds. The summed E-state index contributed by atoms with van der Waals surface area (Å²) in [5.41, 5.74) is 0.233. The predicted octanol–water partition coefficient (Wildman–Crippen LogP) is -8.30. The van der Waals surface area contributed by atoms with Gasteiger partial charge in [-0.15, -0.1) is 0 Å². The molecule has 0 spiro atoms. The number of hydrogen-bond acceptors (Lipinski definition) is 11. The Labute approximate surface area is 250 Å². The normalized spacial score (nSPS) is 11.6. The van der Waals surface area contributed by atoms with Crippen LogP contribution in [0.2, 0.25) is 0 Å². The van der Waals surface area contributed by atoms with Crippen LogP contribution in [0.25, 0.3) is 10.8 Å². The molecule has 0 unspecified atom stereocenters. The third-order valence-electron chi connectivity index (χ3n) is 3.80. The maximum Gasteiger partial charge on any atom is 1.00 e. The van der Waals surface area contributed by atoms with Crippen LogP contribution in [-0.2, 0) is 30.4 Å². The van der Waals surface area contributed by atoms with Gasteiger partial charge in [0, 0.05) is 34.5 Å². The van der Waals surface area contributed by atoms with Gasteiger partial charge in [0.15, 0.2) is 0 Å². The van der Waals surface area contributed by atoms with Crippen LogP contribution in [0.4, 0.5) is 11.4 Å². The Kier molecular flexibility index (Phi) is 12.0. The molecule has 17 heteroatoms. The van der Waals surface area contributed by atoms with Crippen molar-refractivity contribution in [3.8, 4) is 0 Å². The van der Waals surface area contributed by atoms with E-state index < -0.39 is 55.8 Å². The summed E-state index contributed by atoms with van der Waals surface area (Å²) in [7, 11) is -15.9.